The van der Waals surface area contributed by atoms with E-state index in [1.54, 1.807) is 6.20 Å². The van der Waals surface area contributed by atoms with E-state index in [-0.39, 0.29) is 0 Å². The lowest BCUT2D eigenvalue weighted by molar-refractivity contribution is 1.31. The quantitative estimate of drug-likeness (QED) is 0.856. The normalized spacial score (nSPS) is 10.3. The predicted molar refractivity (Wildman–Crippen MR) is 66.5 cm³/mol. The van der Waals surface area contributed by atoms with Gasteiger partial charge in [0.1, 0.15) is 0 Å². The van der Waals surface area contributed by atoms with Crippen molar-refractivity contribution >= 4 is 21.6 Å². The molecule has 15 heavy (non-hydrogen) atoms. The number of benzene rings is 1. The number of anilines is 1. The van der Waals surface area contributed by atoms with Gasteiger partial charge in [0.05, 0.1) is 17.6 Å². The van der Waals surface area contributed by atoms with E-state index in [4.69, 9.17) is 5.73 Å². The zero-order valence-electron chi connectivity index (χ0n) is 8.37. The van der Waals surface area contributed by atoms with Gasteiger partial charge in [0.25, 0.3) is 0 Å². The Kier molecular flexibility index (Phi) is 2.73. The average molecular weight is 263 g/mol. The molecule has 0 aliphatic heterocycles. The summed E-state index contributed by atoms with van der Waals surface area (Å²) in [5, 5.41) is 0. The van der Waals surface area contributed by atoms with Crippen LogP contribution in [-0.2, 0) is 0 Å². The molecule has 0 fully saturated rings. The molecular formula is C12H11BrN2. The van der Waals surface area contributed by atoms with Gasteiger partial charge in [-0.2, -0.15) is 0 Å². The number of pyridine rings is 1. The van der Waals surface area contributed by atoms with Crippen molar-refractivity contribution in [2.75, 3.05) is 5.73 Å². The molecule has 0 radical (unpaired) electrons. The van der Waals surface area contributed by atoms with E-state index in [2.05, 4.69) is 52.1 Å². The number of aromatic nitrogens is 1. The molecule has 0 spiro atoms. The van der Waals surface area contributed by atoms with Gasteiger partial charge in [-0.3, -0.25) is 4.98 Å². The molecule has 0 aliphatic rings. The van der Waals surface area contributed by atoms with Gasteiger partial charge in [-0.05, 0) is 28.9 Å². The zero-order valence-corrected chi connectivity index (χ0v) is 9.95. The van der Waals surface area contributed by atoms with Gasteiger partial charge in [-0.25, -0.2) is 0 Å². The minimum Gasteiger partial charge on any atom is -0.397 e. The minimum atomic E-state index is 0.665. The number of aryl methyl sites for hydroxylation is 1. The lowest BCUT2D eigenvalue weighted by atomic mass is 10.1. The van der Waals surface area contributed by atoms with Gasteiger partial charge in [0.2, 0.25) is 0 Å². The first-order valence-corrected chi connectivity index (χ1v) is 5.44. The van der Waals surface area contributed by atoms with Crippen molar-refractivity contribution in [1.82, 2.24) is 4.98 Å². The molecular weight excluding hydrogens is 252 g/mol. The molecule has 2 rings (SSSR count). The largest absolute Gasteiger partial charge is 0.397 e. The lowest BCUT2D eigenvalue weighted by Gasteiger charge is -2.04. The Morgan fingerprint density at radius 2 is 1.87 bits per heavy atom. The van der Waals surface area contributed by atoms with Crippen LogP contribution in [0.5, 0.6) is 0 Å². The predicted octanol–water partition coefficient (Wildman–Crippen LogP) is 3.40. The fourth-order valence-electron chi connectivity index (χ4n) is 1.38. The highest BCUT2D eigenvalue weighted by molar-refractivity contribution is 9.10. The standard InChI is InChI=1S/C12H11BrN2/c1-8-2-4-9(5-3-8)12-11(13)6-10(14)7-15-12/h2-7H,14H2,1H3. The van der Waals surface area contributed by atoms with E-state index in [0.29, 0.717) is 5.69 Å². The summed E-state index contributed by atoms with van der Waals surface area (Å²) in [6.45, 7) is 2.06. The molecule has 2 nitrogen and oxygen atoms in total. The Hall–Kier alpha value is -1.35. The first-order chi connectivity index (χ1) is 7.16. The van der Waals surface area contributed by atoms with Crippen molar-refractivity contribution in [3.63, 3.8) is 0 Å². The first-order valence-electron chi connectivity index (χ1n) is 4.65. The van der Waals surface area contributed by atoms with E-state index < -0.39 is 0 Å². The van der Waals surface area contributed by atoms with Crippen molar-refractivity contribution in [2.45, 2.75) is 6.92 Å². The summed E-state index contributed by atoms with van der Waals surface area (Å²) in [4.78, 5) is 4.31. The molecule has 0 bridgehead atoms. The second kappa shape index (κ2) is 4.03. The van der Waals surface area contributed by atoms with Gasteiger partial charge in [-0.1, -0.05) is 29.8 Å². The summed E-state index contributed by atoms with van der Waals surface area (Å²) in [5.41, 5.74) is 9.55. The van der Waals surface area contributed by atoms with Crippen LogP contribution in [0.3, 0.4) is 0 Å². The van der Waals surface area contributed by atoms with Crippen molar-refractivity contribution in [3.05, 3.63) is 46.6 Å². The second-order valence-corrected chi connectivity index (χ2v) is 4.32. The number of nitrogens with two attached hydrogens (primary N) is 1. The molecule has 1 aromatic heterocycles. The summed E-state index contributed by atoms with van der Waals surface area (Å²) < 4.78 is 0.923. The molecule has 3 heteroatoms. The molecule has 0 saturated carbocycles. The molecule has 0 saturated heterocycles. The number of rotatable bonds is 1. The monoisotopic (exact) mass is 262 g/mol. The molecule has 0 atom stereocenters. The summed E-state index contributed by atoms with van der Waals surface area (Å²) in [6, 6.07) is 10.1. The van der Waals surface area contributed by atoms with Crippen LogP contribution in [0.2, 0.25) is 0 Å². The van der Waals surface area contributed by atoms with Crippen LogP contribution < -0.4 is 5.73 Å². The number of hydrogen-bond donors (Lipinski definition) is 1. The number of nitrogens with zero attached hydrogens (tertiary/aromatic N) is 1. The molecule has 1 heterocycles. The molecule has 2 aromatic rings. The Morgan fingerprint density at radius 3 is 2.47 bits per heavy atom. The topological polar surface area (TPSA) is 38.9 Å². The van der Waals surface area contributed by atoms with Crippen LogP contribution in [0.1, 0.15) is 5.56 Å². The summed E-state index contributed by atoms with van der Waals surface area (Å²) in [5.74, 6) is 0. The molecule has 2 N–H and O–H groups in total. The Labute approximate surface area is 97.3 Å². The maximum atomic E-state index is 5.64. The molecule has 0 unspecified atom stereocenters. The number of hydrogen-bond acceptors (Lipinski definition) is 2. The number of nitrogen functional groups attached to an aromatic ring is 1. The van der Waals surface area contributed by atoms with E-state index in [1.165, 1.54) is 5.56 Å². The maximum absolute atomic E-state index is 5.64. The van der Waals surface area contributed by atoms with Crippen molar-refractivity contribution in [1.29, 1.82) is 0 Å². The van der Waals surface area contributed by atoms with Crippen molar-refractivity contribution < 1.29 is 0 Å². The van der Waals surface area contributed by atoms with Crippen LogP contribution in [-0.4, -0.2) is 4.98 Å². The average Bonchev–Trinajstić information content (AvgIpc) is 2.20. The van der Waals surface area contributed by atoms with Crippen LogP contribution >= 0.6 is 15.9 Å². The highest BCUT2D eigenvalue weighted by atomic mass is 79.9. The third-order valence-electron chi connectivity index (χ3n) is 2.19. The highest BCUT2D eigenvalue weighted by Crippen LogP contribution is 2.27. The van der Waals surface area contributed by atoms with Crippen molar-refractivity contribution in [2.24, 2.45) is 0 Å². The molecule has 76 valence electrons. The van der Waals surface area contributed by atoms with Crippen LogP contribution in [0, 0.1) is 6.92 Å². The maximum Gasteiger partial charge on any atom is 0.0845 e. The van der Waals surface area contributed by atoms with E-state index in [9.17, 15) is 0 Å². The Bertz CT molecular complexity index is 477. The third kappa shape index (κ3) is 2.18. The van der Waals surface area contributed by atoms with Crippen LogP contribution in [0.4, 0.5) is 5.69 Å². The van der Waals surface area contributed by atoms with Gasteiger partial charge < -0.3 is 5.73 Å². The first kappa shape index (κ1) is 10.2. The fraction of sp³-hybridized carbons (Fsp3) is 0.0833. The van der Waals surface area contributed by atoms with E-state index >= 15 is 0 Å². The second-order valence-electron chi connectivity index (χ2n) is 3.47. The molecule has 1 aromatic carbocycles. The van der Waals surface area contributed by atoms with Gasteiger partial charge in [0.15, 0.2) is 0 Å². The van der Waals surface area contributed by atoms with Crippen LogP contribution in [0.15, 0.2) is 41.0 Å². The van der Waals surface area contributed by atoms with Gasteiger partial charge >= 0.3 is 0 Å². The minimum absolute atomic E-state index is 0.665. The summed E-state index contributed by atoms with van der Waals surface area (Å²) in [6.07, 6.45) is 1.67. The smallest absolute Gasteiger partial charge is 0.0845 e. The summed E-state index contributed by atoms with van der Waals surface area (Å²) in [7, 11) is 0. The van der Waals surface area contributed by atoms with Gasteiger partial charge in [-0.15, -0.1) is 0 Å². The fourth-order valence-corrected chi connectivity index (χ4v) is 1.97. The molecule has 0 amide bonds. The summed E-state index contributed by atoms with van der Waals surface area (Å²) >= 11 is 3.46. The SMILES string of the molecule is Cc1ccc(-c2ncc(N)cc2Br)cc1. The number of halogens is 1. The zero-order chi connectivity index (χ0) is 10.8. The Morgan fingerprint density at radius 1 is 1.20 bits per heavy atom. The lowest BCUT2D eigenvalue weighted by Crippen LogP contribution is -1.90. The van der Waals surface area contributed by atoms with E-state index in [1.807, 2.05) is 6.07 Å². The van der Waals surface area contributed by atoms with Crippen molar-refractivity contribution in [3.8, 4) is 11.3 Å². The van der Waals surface area contributed by atoms with Crippen LogP contribution in [0.25, 0.3) is 11.3 Å². The van der Waals surface area contributed by atoms with E-state index in [0.717, 1.165) is 15.7 Å². The Balaban J connectivity index is 2.49. The third-order valence-corrected chi connectivity index (χ3v) is 2.79. The molecule has 0 aliphatic carbocycles. The van der Waals surface area contributed by atoms with Gasteiger partial charge in [0, 0.05) is 10.0 Å². The highest BCUT2D eigenvalue weighted by Gasteiger charge is 2.04.